The van der Waals surface area contributed by atoms with Crippen molar-refractivity contribution in [2.75, 3.05) is 13.4 Å². The van der Waals surface area contributed by atoms with Crippen LogP contribution in [0.2, 0.25) is 0 Å². The highest BCUT2D eigenvalue weighted by Crippen LogP contribution is 2.44. The van der Waals surface area contributed by atoms with Crippen LogP contribution in [0.15, 0.2) is 18.2 Å². The summed E-state index contributed by atoms with van der Waals surface area (Å²) in [6, 6.07) is 5.81. The minimum absolute atomic E-state index is 0.0592. The molecule has 0 aromatic heterocycles. The predicted molar refractivity (Wildman–Crippen MR) is 66.0 cm³/mol. The zero-order chi connectivity index (χ0) is 13.2. The summed E-state index contributed by atoms with van der Waals surface area (Å²) in [5.41, 5.74) is 1.07. The lowest BCUT2D eigenvalue weighted by Crippen LogP contribution is -2.05. The number of hydrogen-bond donors (Lipinski definition) is 0. The zero-order valence-corrected chi connectivity index (χ0v) is 10.8. The molecule has 1 saturated heterocycles. The number of carbonyl (C=O) groups is 1. The van der Waals surface area contributed by atoms with Crippen LogP contribution in [0.25, 0.3) is 0 Å². The summed E-state index contributed by atoms with van der Waals surface area (Å²) in [6.07, 6.45) is 1.26. The van der Waals surface area contributed by atoms with Gasteiger partial charge in [0, 0.05) is 6.42 Å². The Hall–Kier alpha value is -1.75. The summed E-state index contributed by atoms with van der Waals surface area (Å²) in [4.78, 5) is 11.3. The number of ether oxygens (including phenoxy) is 4. The topological polar surface area (TPSA) is 57.3 Å². The lowest BCUT2D eigenvalue weighted by molar-refractivity contribution is -0.143. The second-order valence-electron chi connectivity index (χ2n) is 4.55. The van der Waals surface area contributed by atoms with Crippen molar-refractivity contribution in [2.24, 2.45) is 0 Å². The van der Waals surface area contributed by atoms with Crippen molar-refractivity contribution in [3.05, 3.63) is 23.8 Å². The fourth-order valence-electron chi connectivity index (χ4n) is 2.24. The molecule has 0 aliphatic carbocycles. The largest absolute Gasteiger partial charge is 0.466 e. The van der Waals surface area contributed by atoms with Crippen LogP contribution in [-0.2, 0) is 14.3 Å². The van der Waals surface area contributed by atoms with Crippen LogP contribution in [0.5, 0.6) is 11.5 Å². The lowest BCUT2D eigenvalue weighted by Gasteiger charge is -2.00. The first kappa shape index (κ1) is 12.3. The summed E-state index contributed by atoms with van der Waals surface area (Å²) in [7, 11) is 0. The van der Waals surface area contributed by atoms with Gasteiger partial charge >= 0.3 is 5.97 Å². The molecule has 3 rings (SSSR count). The predicted octanol–water partition coefficient (Wildman–Crippen LogP) is 2.20. The molecule has 1 aromatic carbocycles. The third kappa shape index (κ3) is 2.66. The van der Waals surface area contributed by atoms with Gasteiger partial charge in [-0.05, 0) is 31.0 Å². The van der Waals surface area contributed by atoms with Crippen LogP contribution in [0.4, 0.5) is 0 Å². The fourth-order valence-corrected chi connectivity index (χ4v) is 2.24. The van der Waals surface area contributed by atoms with Crippen molar-refractivity contribution in [3.63, 3.8) is 0 Å². The minimum Gasteiger partial charge on any atom is -0.466 e. The number of hydrogen-bond acceptors (Lipinski definition) is 5. The van der Waals surface area contributed by atoms with Crippen molar-refractivity contribution >= 4 is 5.97 Å². The van der Waals surface area contributed by atoms with E-state index in [1.165, 1.54) is 0 Å². The third-order valence-electron chi connectivity index (χ3n) is 3.25. The van der Waals surface area contributed by atoms with Gasteiger partial charge in [-0.3, -0.25) is 4.79 Å². The Bertz CT molecular complexity index is 485. The maximum absolute atomic E-state index is 11.3. The Morgan fingerprint density at radius 2 is 2.21 bits per heavy atom. The van der Waals surface area contributed by atoms with Gasteiger partial charge in [-0.1, -0.05) is 6.07 Å². The van der Waals surface area contributed by atoms with Crippen LogP contribution in [-0.4, -0.2) is 25.5 Å². The van der Waals surface area contributed by atoms with Gasteiger partial charge in [0.1, 0.15) is 6.10 Å². The Labute approximate surface area is 111 Å². The minimum atomic E-state index is -0.164. The van der Waals surface area contributed by atoms with Gasteiger partial charge < -0.3 is 18.9 Å². The highest BCUT2D eigenvalue weighted by atomic mass is 16.7. The maximum Gasteiger partial charge on any atom is 0.305 e. The highest BCUT2D eigenvalue weighted by Gasteiger charge is 2.40. The molecule has 0 N–H and O–H groups in total. The molecule has 2 unspecified atom stereocenters. The average Bonchev–Trinajstić information content (AvgIpc) is 3.04. The third-order valence-corrected chi connectivity index (χ3v) is 3.25. The van der Waals surface area contributed by atoms with Crippen molar-refractivity contribution in [3.8, 4) is 11.5 Å². The summed E-state index contributed by atoms with van der Waals surface area (Å²) >= 11 is 0. The summed E-state index contributed by atoms with van der Waals surface area (Å²) < 4.78 is 21.1. The highest BCUT2D eigenvalue weighted by molar-refractivity contribution is 5.69. The standard InChI is InChI=1S/C14H16O5/c1-2-16-13(15)6-5-11-14(19-11)9-3-4-10-12(7-9)18-8-17-10/h3-4,7,11,14H,2,5-6,8H2,1H3. The van der Waals surface area contributed by atoms with Gasteiger partial charge in [0.05, 0.1) is 12.7 Å². The molecule has 0 bridgehead atoms. The number of epoxide rings is 1. The molecule has 5 nitrogen and oxygen atoms in total. The average molecular weight is 264 g/mol. The smallest absolute Gasteiger partial charge is 0.305 e. The SMILES string of the molecule is CCOC(=O)CCC1OC1c1ccc2c(c1)OCO2. The van der Waals surface area contributed by atoms with E-state index in [1.54, 1.807) is 6.92 Å². The van der Waals surface area contributed by atoms with Crippen molar-refractivity contribution in [2.45, 2.75) is 32.0 Å². The maximum atomic E-state index is 11.3. The molecular formula is C14H16O5. The van der Waals surface area contributed by atoms with Crippen LogP contribution >= 0.6 is 0 Å². The Kier molecular flexibility index (Phi) is 3.29. The van der Waals surface area contributed by atoms with Crippen LogP contribution < -0.4 is 9.47 Å². The monoisotopic (exact) mass is 264 g/mol. The van der Waals surface area contributed by atoms with Crippen LogP contribution in [0.3, 0.4) is 0 Å². The summed E-state index contributed by atoms with van der Waals surface area (Å²) in [6.45, 7) is 2.51. The van der Waals surface area contributed by atoms with Crippen molar-refractivity contribution in [1.82, 2.24) is 0 Å². The van der Waals surface area contributed by atoms with Gasteiger partial charge in [0.2, 0.25) is 6.79 Å². The van der Waals surface area contributed by atoms with E-state index in [4.69, 9.17) is 18.9 Å². The fraction of sp³-hybridized carbons (Fsp3) is 0.500. The summed E-state index contributed by atoms with van der Waals surface area (Å²) in [5.74, 6) is 1.37. The van der Waals surface area contributed by atoms with E-state index < -0.39 is 0 Å². The quantitative estimate of drug-likeness (QED) is 0.602. The van der Waals surface area contributed by atoms with E-state index in [9.17, 15) is 4.79 Å². The van der Waals surface area contributed by atoms with Gasteiger partial charge in [0.25, 0.3) is 0 Å². The lowest BCUT2D eigenvalue weighted by atomic mass is 10.1. The van der Waals surface area contributed by atoms with Crippen LogP contribution in [0.1, 0.15) is 31.4 Å². The molecule has 2 heterocycles. The number of rotatable bonds is 5. The normalized spacial score (nSPS) is 23.2. The number of carbonyl (C=O) groups excluding carboxylic acids is 1. The van der Waals surface area contributed by atoms with E-state index in [-0.39, 0.29) is 25.0 Å². The first-order valence-electron chi connectivity index (χ1n) is 6.48. The molecule has 1 fully saturated rings. The zero-order valence-electron chi connectivity index (χ0n) is 10.8. The van der Waals surface area contributed by atoms with Gasteiger partial charge in [-0.15, -0.1) is 0 Å². The van der Waals surface area contributed by atoms with E-state index in [1.807, 2.05) is 18.2 Å². The van der Waals surface area contributed by atoms with Crippen molar-refractivity contribution < 1.29 is 23.7 Å². The Morgan fingerprint density at radius 1 is 1.37 bits per heavy atom. The molecule has 102 valence electrons. The molecule has 1 aromatic rings. The first-order chi connectivity index (χ1) is 9.28. The van der Waals surface area contributed by atoms with E-state index in [0.29, 0.717) is 19.4 Å². The van der Waals surface area contributed by atoms with E-state index in [0.717, 1.165) is 17.1 Å². The molecule has 19 heavy (non-hydrogen) atoms. The Balaban J connectivity index is 1.53. The molecule has 0 saturated carbocycles. The first-order valence-corrected chi connectivity index (χ1v) is 6.48. The Morgan fingerprint density at radius 3 is 3.05 bits per heavy atom. The molecule has 0 spiro atoms. The van der Waals surface area contributed by atoms with Gasteiger partial charge in [-0.25, -0.2) is 0 Å². The molecule has 0 radical (unpaired) electrons. The second kappa shape index (κ2) is 5.09. The molecule has 2 aliphatic heterocycles. The molecule has 2 atom stereocenters. The molecular weight excluding hydrogens is 248 g/mol. The van der Waals surface area contributed by atoms with E-state index in [2.05, 4.69) is 0 Å². The van der Waals surface area contributed by atoms with Crippen molar-refractivity contribution in [1.29, 1.82) is 0 Å². The van der Waals surface area contributed by atoms with Gasteiger partial charge in [0.15, 0.2) is 11.5 Å². The number of esters is 1. The second-order valence-corrected chi connectivity index (χ2v) is 4.55. The molecule has 2 aliphatic rings. The van der Waals surface area contributed by atoms with E-state index >= 15 is 0 Å². The van der Waals surface area contributed by atoms with Gasteiger partial charge in [-0.2, -0.15) is 0 Å². The van der Waals surface area contributed by atoms with Crippen LogP contribution in [0, 0.1) is 0 Å². The number of benzene rings is 1. The number of fused-ring (bicyclic) bond motifs is 1. The molecule has 0 amide bonds. The summed E-state index contributed by atoms with van der Waals surface area (Å²) in [5, 5.41) is 0. The molecule has 5 heteroatoms.